The molecule has 0 unspecified atom stereocenters. The maximum atomic E-state index is 14.5. The van der Waals surface area contributed by atoms with E-state index in [0.717, 1.165) is 51.0 Å². The summed E-state index contributed by atoms with van der Waals surface area (Å²) in [6.07, 6.45) is 6.10. The summed E-state index contributed by atoms with van der Waals surface area (Å²) in [6, 6.07) is 16.3. The first kappa shape index (κ1) is 21.7. The topological polar surface area (TPSA) is 95.2 Å². The fraction of sp³-hybridized carbons (Fsp3) is 0.0714. The maximum absolute atomic E-state index is 14.5. The Morgan fingerprint density at radius 2 is 1.86 bits per heavy atom. The van der Waals surface area contributed by atoms with E-state index in [2.05, 4.69) is 37.0 Å². The summed E-state index contributed by atoms with van der Waals surface area (Å²) in [5.74, 6) is 0.299. The number of allylic oxidation sites excluding steroid dienone is 1. The number of nitrogens with one attached hydrogen (secondary N) is 3. The first-order valence-electron chi connectivity index (χ1n) is 11.6. The predicted molar refractivity (Wildman–Crippen MR) is 141 cm³/mol. The van der Waals surface area contributed by atoms with Crippen molar-refractivity contribution in [1.29, 1.82) is 0 Å². The fourth-order valence-corrected chi connectivity index (χ4v) is 4.24. The Bertz CT molecular complexity index is 1750. The molecule has 2 aromatic carbocycles. The lowest BCUT2D eigenvalue weighted by Gasteiger charge is -2.08. The molecule has 0 saturated carbocycles. The second-order valence-corrected chi connectivity index (χ2v) is 8.50. The van der Waals surface area contributed by atoms with Crippen LogP contribution in [0.2, 0.25) is 0 Å². The van der Waals surface area contributed by atoms with Crippen LogP contribution in [0.1, 0.15) is 13.3 Å². The van der Waals surface area contributed by atoms with Crippen LogP contribution in [0.4, 0.5) is 10.1 Å². The monoisotopic (exact) mass is 475 g/mol. The van der Waals surface area contributed by atoms with Crippen LogP contribution in [0.15, 0.2) is 85.5 Å². The van der Waals surface area contributed by atoms with Crippen molar-refractivity contribution in [3.05, 3.63) is 91.3 Å². The van der Waals surface area contributed by atoms with Gasteiger partial charge in [0, 0.05) is 34.0 Å². The Kier molecular flexibility index (Phi) is 5.26. The number of imidazole rings is 1. The first-order chi connectivity index (χ1) is 17.6. The molecule has 0 spiro atoms. The highest BCUT2D eigenvalue weighted by Gasteiger charge is 2.17. The van der Waals surface area contributed by atoms with E-state index >= 15 is 0 Å². The molecule has 4 aromatic heterocycles. The first-order valence-corrected chi connectivity index (χ1v) is 11.6. The van der Waals surface area contributed by atoms with E-state index < -0.39 is 0 Å². The molecule has 0 atom stereocenters. The number of halogens is 1. The van der Waals surface area contributed by atoms with Gasteiger partial charge in [0.25, 0.3) is 0 Å². The number of benzene rings is 2. The molecule has 0 radical (unpaired) electrons. The van der Waals surface area contributed by atoms with Gasteiger partial charge in [-0.25, -0.2) is 9.37 Å². The third-order valence-corrected chi connectivity index (χ3v) is 6.13. The highest BCUT2D eigenvalue weighted by Crippen LogP contribution is 2.33. The van der Waals surface area contributed by atoms with Crippen LogP contribution < -0.4 is 5.32 Å². The van der Waals surface area contributed by atoms with Gasteiger partial charge in [-0.05, 0) is 30.7 Å². The second-order valence-electron chi connectivity index (χ2n) is 8.50. The number of para-hydroxylation sites is 1. The third-order valence-electron chi connectivity index (χ3n) is 6.13. The number of H-pyrrole nitrogens is 2. The summed E-state index contributed by atoms with van der Waals surface area (Å²) >= 11 is 0. The van der Waals surface area contributed by atoms with E-state index in [9.17, 15) is 4.39 Å². The smallest absolute Gasteiger partial charge is 0.159 e. The average molecular weight is 476 g/mol. The van der Waals surface area contributed by atoms with E-state index in [-0.39, 0.29) is 5.82 Å². The molecule has 4 heterocycles. The average Bonchev–Trinajstić information content (AvgIpc) is 3.52. The van der Waals surface area contributed by atoms with Gasteiger partial charge < -0.3 is 10.3 Å². The van der Waals surface area contributed by atoms with E-state index in [0.29, 0.717) is 22.6 Å². The molecule has 8 heteroatoms. The minimum absolute atomic E-state index is 0.289. The molecule has 6 aromatic rings. The standard InChI is InChI=1S/C28H22FN7/c1-3-16(2)32-18-11-17(13-30-14-18)24-12-21-25(15-31-24)35-36-27(21)28-33-23-10-6-8-20(26(23)34-28)19-7-4-5-9-22(19)29/h4-15,32H,2-3H2,1H3,(H,33,34)(H,35,36). The number of hydrogen-bond acceptors (Lipinski definition) is 5. The van der Waals surface area contributed by atoms with E-state index in [1.54, 1.807) is 30.7 Å². The lowest BCUT2D eigenvalue weighted by Crippen LogP contribution is -1.97. The van der Waals surface area contributed by atoms with Gasteiger partial charge in [0.05, 0.1) is 40.3 Å². The molecule has 0 aliphatic heterocycles. The molecule has 3 N–H and O–H groups in total. The van der Waals surface area contributed by atoms with Gasteiger partial charge in [-0.1, -0.05) is 43.8 Å². The molecule has 7 nitrogen and oxygen atoms in total. The normalized spacial score (nSPS) is 11.3. The molecule has 0 bridgehead atoms. The van der Waals surface area contributed by atoms with E-state index in [1.165, 1.54) is 6.07 Å². The van der Waals surface area contributed by atoms with Crippen molar-refractivity contribution < 1.29 is 4.39 Å². The summed E-state index contributed by atoms with van der Waals surface area (Å²) < 4.78 is 14.5. The number of hydrogen-bond donors (Lipinski definition) is 3. The number of anilines is 1. The number of rotatable bonds is 6. The molecule has 0 aliphatic rings. The largest absolute Gasteiger partial charge is 0.358 e. The van der Waals surface area contributed by atoms with Gasteiger partial charge in [0.2, 0.25) is 0 Å². The Labute approximate surface area is 206 Å². The van der Waals surface area contributed by atoms with Crippen LogP contribution in [-0.2, 0) is 0 Å². The summed E-state index contributed by atoms with van der Waals surface area (Å²) in [6.45, 7) is 6.04. The lowest BCUT2D eigenvalue weighted by molar-refractivity contribution is 0.631. The maximum Gasteiger partial charge on any atom is 0.159 e. The van der Waals surface area contributed by atoms with Crippen LogP contribution in [0.3, 0.4) is 0 Å². The second kappa shape index (κ2) is 8.74. The number of pyridine rings is 2. The van der Waals surface area contributed by atoms with Gasteiger partial charge in [0.15, 0.2) is 5.82 Å². The molecule has 0 aliphatic carbocycles. The van der Waals surface area contributed by atoms with Crippen molar-refractivity contribution in [1.82, 2.24) is 30.1 Å². The minimum atomic E-state index is -0.289. The molecular weight excluding hydrogens is 453 g/mol. The number of fused-ring (bicyclic) bond motifs is 2. The van der Waals surface area contributed by atoms with Crippen molar-refractivity contribution in [2.75, 3.05) is 5.32 Å². The summed E-state index contributed by atoms with van der Waals surface area (Å²) in [4.78, 5) is 17.1. The Morgan fingerprint density at radius 1 is 1.00 bits per heavy atom. The van der Waals surface area contributed by atoms with Gasteiger partial charge >= 0.3 is 0 Å². The molecule has 0 amide bonds. The number of aromatic amines is 2. The summed E-state index contributed by atoms with van der Waals surface area (Å²) in [5.41, 5.74) is 7.54. The lowest BCUT2D eigenvalue weighted by atomic mass is 10.0. The number of aromatic nitrogens is 6. The van der Waals surface area contributed by atoms with Crippen LogP contribution in [0.5, 0.6) is 0 Å². The van der Waals surface area contributed by atoms with Crippen molar-refractivity contribution >= 4 is 27.6 Å². The zero-order chi connectivity index (χ0) is 24.6. The SMILES string of the molecule is C=C(CC)Nc1cncc(-c2cc3c(-c4nc5c(-c6ccccc6F)cccc5[nH]4)n[nH]c3cn2)c1. The van der Waals surface area contributed by atoms with Gasteiger partial charge in [-0.3, -0.25) is 15.1 Å². The van der Waals surface area contributed by atoms with E-state index in [4.69, 9.17) is 4.98 Å². The highest BCUT2D eigenvalue weighted by atomic mass is 19.1. The van der Waals surface area contributed by atoms with Crippen molar-refractivity contribution in [3.8, 4) is 33.9 Å². The number of nitrogens with zero attached hydrogens (tertiary/aromatic N) is 4. The van der Waals surface area contributed by atoms with Gasteiger partial charge in [0.1, 0.15) is 11.5 Å². The van der Waals surface area contributed by atoms with Crippen molar-refractivity contribution in [2.45, 2.75) is 13.3 Å². The Balaban J connectivity index is 1.44. The summed E-state index contributed by atoms with van der Waals surface area (Å²) in [7, 11) is 0. The molecule has 0 saturated heterocycles. The van der Waals surface area contributed by atoms with Crippen LogP contribution in [0.25, 0.3) is 55.8 Å². The molecule has 36 heavy (non-hydrogen) atoms. The molecule has 0 fully saturated rings. The predicted octanol–water partition coefficient (Wildman–Crippen LogP) is 6.70. The highest BCUT2D eigenvalue weighted by molar-refractivity contribution is 5.97. The zero-order valence-corrected chi connectivity index (χ0v) is 19.5. The summed E-state index contributed by atoms with van der Waals surface area (Å²) in [5, 5.41) is 11.7. The fourth-order valence-electron chi connectivity index (χ4n) is 4.24. The van der Waals surface area contributed by atoms with Crippen molar-refractivity contribution in [2.24, 2.45) is 0 Å². The van der Waals surface area contributed by atoms with Crippen molar-refractivity contribution in [3.63, 3.8) is 0 Å². The van der Waals surface area contributed by atoms with Crippen LogP contribution in [0, 0.1) is 5.82 Å². The Hall–Kier alpha value is -4.85. The van der Waals surface area contributed by atoms with Gasteiger partial charge in [-0.2, -0.15) is 5.10 Å². The minimum Gasteiger partial charge on any atom is -0.358 e. The van der Waals surface area contributed by atoms with Crippen LogP contribution >= 0.6 is 0 Å². The molecular formula is C28H22FN7. The molecule has 6 rings (SSSR count). The zero-order valence-electron chi connectivity index (χ0n) is 19.5. The Morgan fingerprint density at radius 3 is 2.72 bits per heavy atom. The third kappa shape index (κ3) is 3.78. The van der Waals surface area contributed by atoms with E-state index in [1.807, 2.05) is 43.3 Å². The van der Waals surface area contributed by atoms with Crippen LogP contribution in [-0.4, -0.2) is 30.1 Å². The quantitative estimate of drug-likeness (QED) is 0.249. The van der Waals surface area contributed by atoms with Gasteiger partial charge in [-0.15, -0.1) is 0 Å². The molecule has 176 valence electrons.